The molecule has 2 atom stereocenters. The maximum atomic E-state index is 12.6. The molecule has 2 unspecified atom stereocenters. The van der Waals surface area contributed by atoms with Crippen molar-refractivity contribution >= 4 is 77.2 Å². The molecule has 0 aromatic heterocycles. The number of hydrazone groups is 1. The van der Waals surface area contributed by atoms with Crippen LogP contribution in [0.15, 0.2) is 76.4 Å². The van der Waals surface area contributed by atoms with Crippen LogP contribution in [0, 0.1) is 5.41 Å². The number of nitrogens with zero attached hydrogens (tertiary/aromatic N) is 4. The van der Waals surface area contributed by atoms with Crippen molar-refractivity contribution in [1.82, 2.24) is 15.2 Å². The topological polar surface area (TPSA) is 298 Å². The normalized spacial score (nSPS) is 19.9. The third-order valence-electron chi connectivity index (χ3n) is 11.7. The van der Waals surface area contributed by atoms with Gasteiger partial charge in [0, 0.05) is 101 Å². The van der Waals surface area contributed by atoms with Crippen LogP contribution < -0.4 is 99.2 Å². The van der Waals surface area contributed by atoms with Gasteiger partial charge in [-0.3, -0.25) is 29.3 Å². The van der Waals surface area contributed by atoms with Crippen LogP contribution in [0.4, 0.5) is 5.69 Å². The Bertz CT molecular complexity index is 2470. The Labute approximate surface area is 476 Å². The molecule has 1 N–H and O–H groups in total. The summed E-state index contributed by atoms with van der Waals surface area (Å²) >= 11 is 0.690. The van der Waals surface area contributed by atoms with E-state index >= 15 is 0 Å². The molecule has 69 heavy (non-hydrogen) atoms. The number of fused-ring (bicyclic) bond motifs is 1. The average molecular weight is 1070 g/mol. The molecule has 0 saturated heterocycles. The van der Waals surface area contributed by atoms with Gasteiger partial charge in [0.2, 0.25) is 11.6 Å². The van der Waals surface area contributed by atoms with Gasteiger partial charge in [0.05, 0.1) is 47.8 Å². The zero-order valence-corrected chi connectivity index (χ0v) is 49.3. The van der Waals surface area contributed by atoms with Gasteiger partial charge in [-0.2, -0.15) is 14.0 Å². The van der Waals surface area contributed by atoms with Crippen molar-refractivity contribution in [3.63, 3.8) is 0 Å². The number of hydrogen-bond acceptors (Lipinski definition) is 18. The van der Waals surface area contributed by atoms with Gasteiger partial charge in [-0.25, -0.2) is 25.3 Å². The number of carbonyl (C=O) groups is 3. The van der Waals surface area contributed by atoms with E-state index in [1.165, 1.54) is 12.2 Å². The minimum atomic E-state index is -4.54. The molecular weight excluding hydrogens is 1010 g/mol. The summed E-state index contributed by atoms with van der Waals surface area (Å²) in [6.45, 7) is 6.73. The van der Waals surface area contributed by atoms with Crippen LogP contribution in [0.1, 0.15) is 97.0 Å². The second-order valence-corrected chi connectivity index (χ2v) is 21.9. The summed E-state index contributed by atoms with van der Waals surface area (Å²) in [5.41, 5.74) is 1.82. The van der Waals surface area contributed by atoms with E-state index < -0.39 is 58.4 Å². The fourth-order valence-corrected chi connectivity index (χ4v) is 10.1. The molecule has 0 radical (unpaired) electrons. The number of benzene rings is 1. The Morgan fingerprint density at radius 2 is 1.41 bits per heavy atom. The first-order valence-electron chi connectivity index (χ1n) is 21.4. The second-order valence-electron chi connectivity index (χ2n) is 16.6. The Morgan fingerprint density at radius 1 is 0.797 bits per heavy atom. The first kappa shape index (κ1) is 65.9. The number of hydrogen-bond donors (Lipinski definition) is 1. The summed E-state index contributed by atoms with van der Waals surface area (Å²) in [7, 11) is -13.5. The molecule has 0 fully saturated rings. The number of unbranched alkanes of at least 4 members (excludes halogenated alkanes) is 3. The summed E-state index contributed by atoms with van der Waals surface area (Å²) in [5, 5.41) is 23.2. The predicted octanol–water partition coefficient (Wildman–Crippen LogP) is -6.05. The molecule has 3 amide bonds. The SMILES string of the molecule is CC1=NN(CCCS(=O)(=O)[O-])\C(=C/C=C/C=C/C2=[N+](CCCCCC(=O)NCCCCN3C(=O)C=CC3=O)c3ccc(SOO[O-])cc3C2(C)CCCS(=O)(=O)[O-])C1(C)CCCS(=O)(=O)[O-].[Na+].[Na+].[Na+]. The molecule has 1 aromatic rings. The third-order valence-corrected chi connectivity index (χ3v) is 14.7. The molecule has 0 bridgehead atoms. The number of allylic oxidation sites excluding steroid dienone is 6. The van der Waals surface area contributed by atoms with Crippen LogP contribution in [0.2, 0.25) is 0 Å². The van der Waals surface area contributed by atoms with Crippen molar-refractivity contribution in [1.29, 1.82) is 0 Å². The Kier molecular flexibility index (Phi) is 28.9. The molecule has 4 rings (SSSR count). The monoisotopic (exact) mass is 1070 g/mol. The predicted molar refractivity (Wildman–Crippen MR) is 239 cm³/mol. The smallest absolute Gasteiger partial charge is 0.748 e. The van der Waals surface area contributed by atoms with Gasteiger partial charge in [-0.05, 0) is 96.8 Å². The zero-order valence-electron chi connectivity index (χ0n) is 40.0. The minimum Gasteiger partial charge on any atom is -0.748 e. The van der Waals surface area contributed by atoms with Crippen molar-refractivity contribution in [2.45, 2.75) is 102 Å². The van der Waals surface area contributed by atoms with Gasteiger partial charge in [0.15, 0.2) is 5.71 Å². The molecular formula is C42H56N5Na3O15S4. The number of imide groups is 1. The van der Waals surface area contributed by atoms with Crippen LogP contribution >= 0.6 is 12.0 Å². The second kappa shape index (κ2) is 30.3. The van der Waals surface area contributed by atoms with E-state index in [-0.39, 0.29) is 158 Å². The Morgan fingerprint density at radius 3 is 2.01 bits per heavy atom. The molecule has 0 spiro atoms. The van der Waals surface area contributed by atoms with Crippen molar-refractivity contribution < 1.29 is 161 Å². The maximum Gasteiger partial charge on any atom is 1.00 e. The molecule has 366 valence electrons. The van der Waals surface area contributed by atoms with Crippen LogP contribution in [-0.4, -0.2) is 126 Å². The van der Waals surface area contributed by atoms with Crippen molar-refractivity contribution in [3.05, 3.63) is 72.0 Å². The molecule has 1 aromatic carbocycles. The standard InChI is InChI=1S/C42H59N5O15S4.3Na/c1-32-41(2,22-12-28-64(52,53)54)37(47(44-32)27-14-30-66(58,59)60)16-7-4-6-15-36-42(3,23-13-29-65(55,56)57)34-31-33(63-62-61-51)18-19-35(34)45(36)25-10-5-8-17-38(48)43-24-9-11-26-46-39(49)20-21-40(46)50;;;/h4,6-7,15-16,18-21,31H,5,8-14,17,22-30H2,1-3H3,(H4-,43,48,51,52,53,54,55,56,57,58,59,60);;;/q;3*+1/p-3. The number of rotatable bonds is 29. The van der Waals surface area contributed by atoms with E-state index in [0.29, 0.717) is 73.5 Å². The third kappa shape index (κ3) is 21.0. The van der Waals surface area contributed by atoms with Crippen molar-refractivity contribution in [3.8, 4) is 0 Å². The number of nitrogens with one attached hydrogen (secondary N) is 1. The fourth-order valence-electron chi connectivity index (χ4n) is 8.25. The van der Waals surface area contributed by atoms with E-state index in [4.69, 9.17) is 0 Å². The average Bonchev–Trinajstić information content (AvgIpc) is 3.75. The van der Waals surface area contributed by atoms with E-state index in [2.05, 4.69) is 24.4 Å². The molecule has 27 heteroatoms. The van der Waals surface area contributed by atoms with Gasteiger partial charge in [-0.1, -0.05) is 18.2 Å². The maximum absolute atomic E-state index is 12.6. The first-order valence-corrected chi connectivity index (χ1v) is 26.9. The van der Waals surface area contributed by atoms with E-state index in [9.17, 15) is 58.6 Å². The van der Waals surface area contributed by atoms with Gasteiger partial charge in [0.1, 0.15) is 6.54 Å². The zero-order chi connectivity index (χ0) is 48.8. The summed E-state index contributed by atoms with van der Waals surface area (Å²) in [5.74, 6) is -2.62. The van der Waals surface area contributed by atoms with Gasteiger partial charge in [0.25, 0.3) is 11.8 Å². The van der Waals surface area contributed by atoms with Crippen LogP contribution in [0.5, 0.6) is 0 Å². The van der Waals surface area contributed by atoms with E-state index in [1.54, 1.807) is 48.4 Å². The Hall–Kier alpha value is -1.11. The Balaban J connectivity index is 0.00000793. The van der Waals surface area contributed by atoms with Gasteiger partial charge >= 0.3 is 88.7 Å². The quantitative estimate of drug-likeness (QED) is 0.00899. The number of amides is 3. The molecule has 3 heterocycles. The summed E-state index contributed by atoms with van der Waals surface area (Å²) in [4.78, 5) is 37.7. The molecule has 3 aliphatic heterocycles. The van der Waals surface area contributed by atoms with E-state index in [1.807, 2.05) is 26.0 Å². The van der Waals surface area contributed by atoms with Crippen molar-refractivity contribution in [2.75, 3.05) is 43.4 Å². The van der Waals surface area contributed by atoms with E-state index in [0.717, 1.165) is 21.9 Å². The largest absolute Gasteiger partial charge is 1.00 e. The van der Waals surface area contributed by atoms with Crippen LogP contribution in [0.3, 0.4) is 0 Å². The van der Waals surface area contributed by atoms with Gasteiger partial charge in [-0.15, -0.1) is 0 Å². The first-order chi connectivity index (χ1) is 31.0. The number of carbonyl (C=O) groups excluding carboxylic acids is 3. The summed E-state index contributed by atoms with van der Waals surface area (Å²) < 4.78 is 110. The molecule has 0 aliphatic carbocycles. The molecule has 20 nitrogen and oxygen atoms in total. The van der Waals surface area contributed by atoms with Crippen LogP contribution in [0.25, 0.3) is 0 Å². The van der Waals surface area contributed by atoms with Crippen LogP contribution in [-0.2, 0) is 59.5 Å². The van der Waals surface area contributed by atoms with Crippen molar-refractivity contribution in [2.24, 2.45) is 10.5 Å². The fraction of sp³-hybridized carbons (Fsp3) is 0.548. The minimum absolute atomic E-state index is 0. The summed E-state index contributed by atoms with van der Waals surface area (Å²) in [6, 6.07) is 5.37. The summed E-state index contributed by atoms with van der Waals surface area (Å²) in [6.07, 6.45) is 15.1. The molecule has 3 aliphatic rings. The molecule has 0 saturated carbocycles. The van der Waals surface area contributed by atoms with Gasteiger partial charge < -0.3 is 24.2 Å².